The molecule has 0 aliphatic carbocycles. The number of ether oxygens (including phenoxy) is 1. The van der Waals surface area contributed by atoms with Crippen molar-refractivity contribution in [1.29, 1.82) is 0 Å². The molecule has 3 aromatic carbocycles. The number of hydrogen-bond acceptors (Lipinski definition) is 7. The molecule has 0 saturated carbocycles. The molecule has 0 unspecified atom stereocenters. The van der Waals surface area contributed by atoms with Gasteiger partial charge in [-0.2, -0.15) is 0 Å². The van der Waals surface area contributed by atoms with Crippen LogP contribution in [0.15, 0.2) is 84.7 Å². The lowest BCUT2D eigenvalue weighted by molar-refractivity contribution is 0.102. The molecule has 7 N–H and O–H groups in total. The summed E-state index contributed by atoms with van der Waals surface area (Å²) in [7, 11) is 1.58. The Balaban J connectivity index is 1.67. The Bertz CT molecular complexity index is 1100. The number of carbonyl (C=O) groups is 1. The fourth-order valence-electron chi connectivity index (χ4n) is 3.13. The van der Waals surface area contributed by atoms with Crippen LogP contribution in [0.1, 0.15) is 23.2 Å². The lowest BCUT2D eigenvalue weighted by atomic mass is 10.2. The van der Waals surface area contributed by atoms with Crippen molar-refractivity contribution in [2.75, 3.05) is 29.4 Å². The molecular weight excluding hydrogens is 418 g/mol. The van der Waals surface area contributed by atoms with Crippen LogP contribution in [0, 0.1) is 0 Å². The largest absolute Gasteiger partial charge is 0.497 e. The summed E-state index contributed by atoms with van der Waals surface area (Å²) in [6.45, 7) is 0.0815. The Hall–Kier alpha value is -4.01. The Kier molecular flexibility index (Phi) is 8.29. The van der Waals surface area contributed by atoms with Crippen molar-refractivity contribution in [3.63, 3.8) is 0 Å². The van der Waals surface area contributed by atoms with E-state index in [-0.39, 0.29) is 12.5 Å². The van der Waals surface area contributed by atoms with Crippen LogP contribution in [-0.2, 0) is 0 Å². The third-order valence-corrected chi connectivity index (χ3v) is 4.83. The van der Waals surface area contributed by atoms with Crippen LogP contribution < -0.4 is 32.0 Å². The molecule has 3 aromatic rings. The summed E-state index contributed by atoms with van der Waals surface area (Å²) in [6, 6.07) is 21.9. The first-order valence-electron chi connectivity index (χ1n) is 10.5. The molecule has 0 bridgehead atoms. The minimum absolute atomic E-state index is 0.0815. The molecule has 0 atom stereocenters. The summed E-state index contributed by atoms with van der Waals surface area (Å²) in [6.07, 6.45) is 2.80. The van der Waals surface area contributed by atoms with Crippen LogP contribution in [-0.4, -0.2) is 24.7 Å². The van der Waals surface area contributed by atoms with E-state index in [9.17, 15) is 4.79 Å². The second kappa shape index (κ2) is 11.6. The van der Waals surface area contributed by atoms with Gasteiger partial charge in [-0.05, 0) is 73.5 Å². The van der Waals surface area contributed by atoms with Gasteiger partial charge in [0, 0.05) is 41.1 Å². The van der Waals surface area contributed by atoms with Crippen molar-refractivity contribution < 1.29 is 14.6 Å². The highest BCUT2D eigenvalue weighted by molar-refractivity contribution is 6.04. The highest BCUT2D eigenvalue weighted by Gasteiger charge is 2.07. The minimum Gasteiger partial charge on any atom is -0.497 e. The zero-order valence-electron chi connectivity index (χ0n) is 18.5. The molecule has 172 valence electrons. The molecule has 0 aliphatic heterocycles. The molecule has 0 spiro atoms. The topological polar surface area (TPSA) is 126 Å². The van der Waals surface area contributed by atoms with Gasteiger partial charge in [-0.25, -0.2) is 5.84 Å². The fraction of sp³-hybridized carbons (Fsp3) is 0.160. The third-order valence-electron chi connectivity index (χ3n) is 4.83. The predicted octanol–water partition coefficient (Wildman–Crippen LogP) is 3.94. The second-order valence-electron chi connectivity index (χ2n) is 7.38. The molecule has 0 saturated heterocycles. The Morgan fingerprint density at radius 2 is 1.70 bits per heavy atom. The number of allylic oxidation sites excluding steroid dienone is 1. The number of hydrazine groups is 1. The average Bonchev–Trinajstić information content (AvgIpc) is 2.83. The van der Waals surface area contributed by atoms with Crippen molar-refractivity contribution >= 4 is 28.7 Å². The van der Waals surface area contributed by atoms with Gasteiger partial charge in [0.1, 0.15) is 5.75 Å². The summed E-state index contributed by atoms with van der Waals surface area (Å²) in [4.78, 5) is 12.5. The number of amides is 1. The highest BCUT2D eigenvalue weighted by Crippen LogP contribution is 2.24. The monoisotopic (exact) mass is 447 g/mol. The van der Waals surface area contributed by atoms with Gasteiger partial charge >= 0.3 is 0 Å². The summed E-state index contributed by atoms with van der Waals surface area (Å²) in [5.41, 5.74) is 10.1. The molecule has 0 radical (unpaired) electrons. The number of anilines is 4. The maximum atomic E-state index is 12.5. The first kappa shape index (κ1) is 23.6. The van der Waals surface area contributed by atoms with E-state index < -0.39 is 0 Å². The number of methoxy groups -OCH3 is 1. The van der Waals surface area contributed by atoms with Crippen molar-refractivity contribution in [1.82, 2.24) is 0 Å². The Morgan fingerprint density at radius 1 is 1.03 bits per heavy atom. The minimum atomic E-state index is -0.207. The van der Waals surface area contributed by atoms with Crippen LogP contribution in [0.2, 0.25) is 0 Å². The lowest BCUT2D eigenvalue weighted by Gasteiger charge is -2.17. The van der Waals surface area contributed by atoms with E-state index in [0.29, 0.717) is 35.5 Å². The maximum Gasteiger partial charge on any atom is 0.255 e. The zero-order valence-corrected chi connectivity index (χ0v) is 18.5. The van der Waals surface area contributed by atoms with Gasteiger partial charge in [0.25, 0.3) is 5.91 Å². The van der Waals surface area contributed by atoms with Gasteiger partial charge in [0.05, 0.1) is 12.8 Å². The smallest absolute Gasteiger partial charge is 0.255 e. The number of benzene rings is 3. The van der Waals surface area contributed by atoms with E-state index in [1.54, 1.807) is 37.6 Å². The van der Waals surface area contributed by atoms with Crippen molar-refractivity contribution in [3.05, 3.63) is 90.3 Å². The van der Waals surface area contributed by atoms with Gasteiger partial charge in [-0.15, -0.1) is 0 Å². The van der Waals surface area contributed by atoms with Crippen LogP contribution in [0.4, 0.5) is 22.7 Å². The molecule has 3 rings (SSSR count). The van der Waals surface area contributed by atoms with Crippen molar-refractivity contribution in [2.24, 2.45) is 11.6 Å². The van der Waals surface area contributed by atoms with E-state index in [4.69, 9.17) is 21.4 Å². The van der Waals surface area contributed by atoms with Crippen LogP contribution in [0.5, 0.6) is 5.75 Å². The van der Waals surface area contributed by atoms with E-state index in [2.05, 4.69) is 10.6 Å². The van der Waals surface area contributed by atoms with Gasteiger partial charge in [0.2, 0.25) is 0 Å². The number of hydrogen-bond donors (Lipinski definition) is 5. The number of nitrogens with one attached hydrogen (secondary N) is 2. The predicted molar refractivity (Wildman–Crippen MR) is 132 cm³/mol. The van der Waals surface area contributed by atoms with Gasteiger partial charge < -0.3 is 26.2 Å². The Labute approximate surface area is 193 Å². The van der Waals surface area contributed by atoms with Gasteiger partial charge in [-0.1, -0.05) is 12.1 Å². The summed E-state index contributed by atoms with van der Waals surface area (Å²) in [5.74, 6) is 6.60. The number of nitrogens with two attached hydrogens (primary N) is 2. The molecular formula is C25H29N5O3. The number of aliphatic hydroxyl groups excluding tert-OH is 1. The summed E-state index contributed by atoms with van der Waals surface area (Å²) in [5, 5.41) is 16.6. The molecule has 0 fully saturated rings. The van der Waals surface area contributed by atoms with Gasteiger partial charge in [0.15, 0.2) is 0 Å². The Morgan fingerprint density at radius 3 is 2.39 bits per heavy atom. The molecule has 0 heterocycles. The molecule has 1 amide bonds. The standard InChI is InChI=1S/C25H29N5O3/c1-33-24-12-10-18(11-13-24)25(32)29-21-7-2-6-20(15-21)28-22-8-3-9-23(16-22)30(27)17-19(26)5-4-14-31/h2-3,6-13,15-17,28,31H,4-5,14,26-27H2,1H3,(H,29,32)/b19-17-. The molecule has 0 aliphatic rings. The van der Waals surface area contributed by atoms with E-state index in [1.807, 2.05) is 48.5 Å². The molecule has 8 nitrogen and oxygen atoms in total. The number of carbonyl (C=O) groups excluding carboxylic acids is 1. The van der Waals surface area contributed by atoms with E-state index in [1.165, 1.54) is 5.01 Å². The lowest BCUT2D eigenvalue weighted by Crippen LogP contribution is -2.26. The quantitative estimate of drug-likeness (QED) is 0.235. The van der Waals surface area contributed by atoms with Crippen LogP contribution in [0.25, 0.3) is 0 Å². The van der Waals surface area contributed by atoms with Crippen molar-refractivity contribution in [3.8, 4) is 5.75 Å². The van der Waals surface area contributed by atoms with E-state index in [0.717, 1.165) is 17.1 Å². The molecule has 8 heteroatoms. The normalized spacial score (nSPS) is 11.1. The van der Waals surface area contributed by atoms with Crippen LogP contribution >= 0.6 is 0 Å². The fourth-order valence-corrected chi connectivity index (χ4v) is 3.13. The van der Waals surface area contributed by atoms with Crippen molar-refractivity contribution in [2.45, 2.75) is 12.8 Å². The zero-order chi connectivity index (χ0) is 23.6. The maximum absolute atomic E-state index is 12.5. The highest BCUT2D eigenvalue weighted by atomic mass is 16.5. The van der Waals surface area contributed by atoms with Crippen LogP contribution in [0.3, 0.4) is 0 Å². The average molecular weight is 448 g/mol. The van der Waals surface area contributed by atoms with Gasteiger partial charge in [-0.3, -0.25) is 9.80 Å². The second-order valence-corrected chi connectivity index (χ2v) is 7.38. The SMILES string of the molecule is COc1ccc(C(=O)Nc2cccc(Nc3cccc(N(N)/C=C(\N)CCCO)c3)c2)cc1. The number of aliphatic hydroxyl groups is 1. The number of nitrogens with zero attached hydrogens (tertiary/aromatic N) is 1. The third kappa shape index (κ3) is 6.99. The first-order valence-corrected chi connectivity index (χ1v) is 10.5. The molecule has 33 heavy (non-hydrogen) atoms. The molecule has 0 aromatic heterocycles. The summed E-state index contributed by atoms with van der Waals surface area (Å²) >= 11 is 0. The first-order chi connectivity index (χ1) is 16.0. The summed E-state index contributed by atoms with van der Waals surface area (Å²) < 4.78 is 5.13. The number of rotatable bonds is 10. The van der Waals surface area contributed by atoms with E-state index >= 15 is 0 Å².